The second-order valence-corrected chi connectivity index (χ2v) is 9.86. The van der Waals surface area contributed by atoms with Crippen LogP contribution in [0.1, 0.15) is 25.3 Å². The van der Waals surface area contributed by atoms with Gasteiger partial charge in [0.2, 0.25) is 5.91 Å². The van der Waals surface area contributed by atoms with Gasteiger partial charge >= 0.3 is 0 Å². The number of thiazole rings is 1. The predicted molar refractivity (Wildman–Crippen MR) is 107 cm³/mol. The first-order chi connectivity index (χ1) is 12.8. The molecule has 1 aromatic carbocycles. The molecular formula is C17H18N4O3S3. The first-order valence-corrected chi connectivity index (χ1v) is 11.4. The number of sulfonamides is 1. The number of hydrogen-bond acceptors (Lipinski definition) is 7. The molecule has 2 N–H and O–H groups in total. The van der Waals surface area contributed by atoms with Gasteiger partial charge in [-0.25, -0.2) is 18.4 Å². The first-order valence-electron chi connectivity index (χ1n) is 8.10. The number of hydrazine groups is 1. The molecule has 0 bridgehead atoms. The molecule has 0 saturated carbocycles. The molecule has 2 heterocycles. The van der Waals surface area contributed by atoms with Crippen LogP contribution >= 0.6 is 23.1 Å². The third kappa shape index (κ3) is 5.04. The molecule has 0 saturated heterocycles. The van der Waals surface area contributed by atoms with Crippen molar-refractivity contribution in [1.29, 1.82) is 0 Å². The van der Waals surface area contributed by atoms with E-state index in [1.807, 2.05) is 19.9 Å². The van der Waals surface area contributed by atoms with E-state index in [0.717, 1.165) is 15.9 Å². The van der Waals surface area contributed by atoms with E-state index in [1.54, 1.807) is 24.4 Å². The second kappa shape index (κ2) is 8.34. The van der Waals surface area contributed by atoms with Crippen LogP contribution in [0.4, 0.5) is 0 Å². The Bertz CT molecular complexity index is 1010. The monoisotopic (exact) mass is 422 g/mol. The number of nitrogens with zero attached hydrogens (tertiary/aromatic N) is 2. The number of carbonyl (C=O) groups excluding carboxylic acids is 1. The highest BCUT2D eigenvalue weighted by Gasteiger charge is 2.16. The maximum atomic E-state index is 12.3. The molecule has 3 aromatic rings. The van der Waals surface area contributed by atoms with Gasteiger partial charge in [-0.3, -0.25) is 10.2 Å². The maximum absolute atomic E-state index is 12.3. The van der Waals surface area contributed by atoms with Crippen LogP contribution in [0, 0.1) is 0 Å². The van der Waals surface area contributed by atoms with Crippen molar-refractivity contribution >= 4 is 49.4 Å². The number of fused-ring (bicyclic) bond motifs is 1. The zero-order chi connectivity index (χ0) is 19.4. The zero-order valence-corrected chi connectivity index (χ0v) is 17.1. The largest absolute Gasteiger partial charge is 0.277 e. The zero-order valence-electron chi connectivity index (χ0n) is 14.7. The van der Waals surface area contributed by atoms with E-state index in [0.29, 0.717) is 10.3 Å². The molecule has 1 amide bonds. The van der Waals surface area contributed by atoms with E-state index < -0.39 is 15.9 Å². The third-order valence-electron chi connectivity index (χ3n) is 3.66. The van der Waals surface area contributed by atoms with Gasteiger partial charge in [0.05, 0.1) is 10.6 Å². The highest BCUT2D eigenvalue weighted by Crippen LogP contribution is 2.27. The fourth-order valence-corrected chi connectivity index (χ4v) is 4.83. The molecule has 0 aliphatic rings. The number of benzene rings is 1. The van der Waals surface area contributed by atoms with Gasteiger partial charge in [0.25, 0.3) is 10.0 Å². The summed E-state index contributed by atoms with van der Waals surface area (Å²) in [5.74, 6) is -0.118. The molecule has 7 nitrogen and oxygen atoms in total. The summed E-state index contributed by atoms with van der Waals surface area (Å²) < 4.78 is 25.2. The summed E-state index contributed by atoms with van der Waals surface area (Å²) in [7, 11) is -3.82. The van der Waals surface area contributed by atoms with Crippen molar-refractivity contribution in [2.75, 3.05) is 5.75 Å². The van der Waals surface area contributed by atoms with Gasteiger partial charge in [-0.1, -0.05) is 49.1 Å². The number of hydrogen-bond donors (Lipinski definition) is 2. The lowest BCUT2D eigenvalue weighted by atomic mass is 10.0. The van der Waals surface area contributed by atoms with Gasteiger partial charge in [-0.2, -0.15) is 0 Å². The van der Waals surface area contributed by atoms with Crippen LogP contribution in [-0.2, 0) is 14.8 Å². The molecule has 0 unspecified atom stereocenters. The third-order valence-corrected chi connectivity index (χ3v) is 7.04. The fourth-order valence-electron chi connectivity index (χ4n) is 2.19. The van der Waals surface area contributed by atoms with Gasteiger partial charge in [-0.15, -0.1) is 4.83 Å². The molecule has 0 aliphatic heterocycles. The van der Waals surface area contributed by atoms with Gasteiger partial charge < -0.3 is 0 Å². The van der Waals surface area contributed by atoms with E-state index in [-0.39, 0.29) is 10.6 Å². The normalized spacial score (nSPS) is 11.8. The maximum Gasteiger partial charge on any atom is 0.257 e. The van der Waals surface area contributed by atoms with E-state index in [9.17, 15) is 13.2 Å². The Morgan fingerprint density at radius 3 is 2.63 bits per heavy atom. The summed E-state index contributed by atoms with van der Waals surface area (Å²) in [6.07, 6.45) is 1.68. The quantitative estimate of drug-likeness (QED) is 0.448. The van der Waals surface area contributed by atoms with E-state index in [2.05, 4.69) is 20.2 Å². The van der Waals surface area contributed by atoms with Gasteiger partial charge in [-0.05, 0) is 35.7 Å². The lowest BCUT2D eigenvalue weighted by Gasteiger charge is -2.10. The summed E-state index contributed by atoms with van der Waals surface area (Å²) in [4.78, 5) is 23.5. The minimum absolute atomic E-state index is 0.0363. The summed E-state index contributed by atoms with van der Waals surface area (Å²) in [6.45, 7) is 4.06. The molecule has 27 heavy (non-hydrogen) atoms. The molecular weight excluding hydrogens is 404 g/mol. The molecule has 10 heteroatoms. The van der Waals surface area contributed by atoms with Crippen molar-refractivity contribution in [1.82, 2.24) is 20.2 Å². The highest BCUT2D eigenvalue weighted by molar-refractivity contribution is 8.01. The Morgan fingerprint density at radius 2 is 1.96 bits per heavy atom. The van der Waals surface area contributed by atoms with Crippen LogP contribution in [0.3, 0.4) is 0 Å². The molecule has 2 aromatic heterocycles. The second-order valence-electron chi connectivity index (χ2n) is 5.97. The Morgan fingerprint density at radius 1 is 1.22 bits per heavy atom. The summed E-state index contributed by atoms with van der Waals surface area (Å²) in [5.41, 5.74) is 4.04. The summed E-state index contributed by atoms with van der Waals surface area (Å²) in [6, 6.07) is 10.2. The minimum atomic E-state index is -3.82. The van der Waals surface area contributed by atoms with Crippen LogP contribution in [0.2, 0.25) is 0 Å². The van der Waals surface area contributed by atoms with Crippen LogP contribution in [0.5, 0.6) is 0 Å². The van der Waals surface area contributed by atoms with Crippen LogP contribution in [0.15, 0.2) is 51.8 Å². The van der Waals surface area contributed by atoms with Crippen LogP contribution in [-0.4, -0.2) is 30.0 Å². The SMILES string of the molecule is CC(C)c1ccc(S(=O)(=O)NNC(=O)CSc2nc3cccnc3s2)cc1. The van der Waals surface area contributed by atoms with Crippen LogP contribution < -0.4 is 10.3 Å². The van der Waals surface area contributed by atoms with E-state index >= 15 is 0 Å². The standard InChI is InChI=1S/C17H18N4O3S3/c1-11(2)12-5-7-13(8-6-12)27(23,24)21-20-15(22)10-25-17-19-14-4-3-9-18-16(14)26-17/h3-9,11,21H,10H2,1-2H3,(H,20,22). The topological polar surface area (TPSA) is 101 Å². The van der Waals surface area contributed by atoms with Crippen molar-refractivity contribution in [2.24, 2.45) is 0 Å². The molecule has 0 radical (unpaired) electrons. The summed E-state index contributed by atoms with van der Waals surface area (Å²) in [5, 5.41) is 0. The summed E-state index contributed by atoms with van der Waals surface area (Å²) >= 11 is 2.61. The van der Waals surface area contributed by atoms with Crippen molar-refractivity contribution in [3.63, 3.8) is 0 Å². The van der Waals surface area contributed by atoms with Crippen molar-refractivity contribution in [3.05, 3.63) is 48.2 Å². The average molecular weight is 423 g/mol. The number of amides is 1. The van der Waals surface area contributed by atoms with Gasteiger partial charge in [0.15, 0.2) is 4.34 Å². The number of rotatable bonds is 7. The van der Waals surface area contributed by atoms with Gasteiger partial charge in [0, 0.05) is 6.20 Å². The number of carbonyl (C=O) groups is 1. The molecule has 0 fully saturated rings. The highest BCUT2D eigenvalue weighted by atomic mass is 32.2. The van der Waals surface area contributed by atoms with Crippen molar-refractivity contribution < 1.29 is 13.2 Å². The van der Waals surface area contributed by atoms with Gasteiger partial charge in [0.1, 0.15) is 10.3 Å². The predicted octanol–water partition coefficient (Wildman–Crippen LogP) is 2.92. The Kier molecular flexibility index (Phi) is 6.10. The smallest absolute Gasteiger partial charge is 0.257 e. The van der Waals surface area contributed by atoms with E-state index in [4.69, 9.17) is 0 Å². The number of nitrogens with one attached hydrogen (secondary N) is 2. The molecule has 0 aliphatic carbocycles. The fraction of sp³-hybridized carbons (Fsp3) is 0.235. The van der Waals surface area contributed by atoms with Crippen molar-refractivity contribution in [3.8, 4) is 0 Å². The lowest BCUT2D eigenvalue weighted by molar-refractivity contribution is -0.119. The van der Waals surface area contributed by atoms with E-state index in [1.165, 1.54) is 35.2 Å². The van der Waals surface area contributed by atoms with Crippen molar-refractivity contribution in [2.45, 2.75) is 29.0 Å². The number of thioether (sulfide) groups is 1. The lowest BCUT2D eigenvalue weighted by Crippen LogP contribution is -2.42. The molecule has 3 rings (SSSR count). The Labute approximate surface area is 165 Å². The Hall–Kier alpha value is -2.01. The number of pyridine rings is 1. The number of aromatic nitrogens is 2. The average Bonchev–Trinajstić information content (AvgIpc) is 3.08. The molecule has 142 valence electrons. The molecule has 0 spiro atoms. The minimum Gasteiger partial charge on any atom is -0.277 e. The first kappa shape index (κ1) is 19.7. The molecule has 0 atom stereocenters. The Balaban J connectivity index is 1.54. The van der Waals surface area contributed by atoms with Crippen LogP contribution in [0.25, 0.3) is 10.3 Å².